The van der Waals surface area contributed by atoms with Gasteiger partial charge in [0, 0.05) is 18.0 Å². The molecule has 96 valence electrons. The van der Waals surface area contributed by atoms with Gasteiger partial charge in [-0.15, -0.1) is 11.8 Å². The van der Waals surface area contributed by atoms with Crippen LogP contribution in [-0.4, -0.2) is 35.7 Å². The summed E-state index contributed by atoms with van der Waals surface area (Å²) in [6, 6.07) is 8.33. The zero-order valence-corrected chi connectivity index (χ0v) is 11.2. The lowest BCUT2D eigenvalue weighted by molar-refractivity contribution is -0.129. The molecule has 4 heteroatoms. The summed E-state index contributed by atoms with van der Waals surface area (Å²) in [7, 11) is 0. The van der Waals surface area contributed by atoms with Crippen LogP contribution in [-0.2, 0) is 11.2 Å². The van der Waals surface area contributed by atoms with Gasteiger partial charge in [-0.2, -0.15) is 0 Å². The molecule has 0 aromatic heterocycles. The third-order valence-corrected chi connectivity index (χ3v) is 5.16. The van der Waals surface area contributed by atoms with Gasteiger partial charge >= 0.3 is 0 Å². The molecule has 3 rings (SSSR count). The highest BCUT2D eigenvalue weighted by atomic mass is 32.2. The van der Waals surface area contributed by atoms with Crippen molar-refractivity contribution in [3.8, 4) is 0 Å². The van der Waals surface area contributed by atoms with Crippen LogP contribution in [0.3, 0.4) is 0 Å². The SMILES string of the molecule is NCC1CCN(C(=O)C2Cc3ccccc3S2)C1. The van der Waals surface area contributed by atoms with Crippen molar-refractivity contribution in [3.05, 3.63) is 29.8 Å². The first-order valence-electron chi connectivity index (χ1n) is 6.51. The smallest absolute Gasteiger partial charge is 0.236 e. The van der Waals surface area contributed by atoms with E-state index < -0.39 is 0 Å². The molecular weight excluding hydrogens is 244 g/mol. The monoisotopic (exact) mass is 262 g/mol. The van der Waals surface area contributed by atoms with Crippen molar-refractivity contribution in [3.63, 3.8) is 0 Å². The number of fused-ring (bicyclic) bond motifs is 1. The van der Waals surface area contributed by atoms with Crippen LogP contribution in [0.25, 0.3) is 0 Å². The summed E-state index contributed by atoms with van der Waals surface area (Å²) >= 11 is 1.72. The number of thioether (sulfide) groups is 1. The van der Waals surface area contributed by atoms with Gasteiger partial charge in [0.1, 0.15) is 0 Å². The molecule has 0 saturated carbocycles. The second-order valence-corrected chi connectivity index (χ2v) is 6.34. The number of carbonyl (C=O) groups excluding carboxylic acids is 1. The van der Waals surface area contributed by atoms with Crippen LogP contribution in [0, 0.1) is 5.92 Å². The van der Waals surface area contributed by atoms with Crippen LogP contribution >= 0.6 is 11.8 Å². The van der Waals surface area contributed by atoms with Gasteiger partial charge in [-0.05, 0) is 36.9 Å². The number of nitrogens with zero attached hydrogens (tertiary/aromatic N) is 1. The standard InChI is InChI=1S/C14H18N2OS/c15-8-10-5-6-16(9-10)14(17)13-7-11-3-1-2-4-12(11)18-13/h1-4,10,13H,5-9,15H2. The number of hydrogen-bond acceptors (Lipinski definition) is 3. The molecular formula is C14H18N2OS. The van der Waals surface area contributed by atoms with Gasteiger partial charge in [0.05, 0.1) is 5.25 Å². The van der Waals surface area contributed by atoms with E-state index in [2.05, 4.69) is 12.1 Å². The highest BCUT2D eigenvalue weighted by Gasteiger charge is 2.34. The Balaban J connectivity index is 1.66. The number of nitrogens with two attached hydrogens (primary N) is 1. The van der Waals surface area contributed by atoms with Gasteiger partial charge in [-0.1, -0.05) is 18.2 Å². The minimum atomic E-state index is 0.0823. The maximum Gasteiger partial charge on any atom is 0.236 e. The minimum Gasteiger partial charge on any atom is -0.341 e. The van der Waals surface area contributed by atoms with E-state index in [0.717, 1.165) is 25.9 Å². The van der Waals surface area contributed by atoms with E-state index in [-0.39, 0.29) is 5.25 Å². The van der Waals surface area contributed by atoms with Gasteiger partial charge in [0.15, 0.2) is 0 Å². The molecule has 2 heterocycles. The predicted molar refractivity (Wildman–Crippen MR) is 73.5 cm³/mol. The summed E-state index contributed by atoms with van der Waals surface area (Å²) < 4.78 is 0. The zero-order chi connectivity index (χ0) is 12.5. The Labute approximate surface area is 112 Å². The Hall–Kier alpha value is -1.00. The van der Waals surface area contributed by atoms with E-state index in [1.807, 2.05) is 17.0 Å². The fourth-order valence-corrected chi connectivity index (χ4v) is 4.03. The quantitative estimate of drug-likeness (QED) is 0.879. The molecule has 1 fully saturated rings. The fraction of sp³-hybridized carbons (Fsp3) is 0.500. The van der Waals surface area contributed by atoms with Gasteiger partial charge in [-0.25, -0.2) is 0 Å². The van der Waals surface area contributed by atoms with Crippen LogP contribution in [0.5, 0.6) is 0 Å². The number of likely N-dealkylation sites (tertiary alicyclic amines) is 1. The molecule has 0 bridgehead atoms. The van der Waals surface area contributed by atoms with E-state index >= 15 is 0 Å². The lowest BCUT2D eigenvalue weighted by Gasteiger charge is -2.19. The van der Waals surface area contributed by atoms with Crippen molar-refractivity contribution in [2.45, 2.75) is 23.0 Å². The van der Waals surface area contributed by atoms with Crippen LogP contribution in [0.2, 0.25) is 0 Å². The Kier molecular flexibility index (Phi) is 3.31. The van der Waals surface area contributed by atoms with Crippen LogP contribution < -0.4 is 5.73 Å². The van der Waals surface area contributed by atoms with Crippen molar-refractivity contribution in [2.75, 3.05) is 19.6 Å². The fourth-order valence-electron chi connectivity index (χ4n) is 2.75. The number of amides is 1. The van der Waals surface area contributed by atoms with E-state index in [4.69, 9.17) is 5.73 Å². The molecule has 1 aromatic carbocycles. The molecule has 0 spiro atoms. The highest BCUT2D eigenvalue weighted by molar-refractivity contribution is 8.01. The number of hydrogen-bond donors (Lipinski definition) is 1. The molecule has 1 aromatic rings. The molecule has 1 amide bonds. The molecule has 0 aliphatic carbocycles. The van der Waals surface area contributed by atoms with E-state index in [1.165, 1.54) is 10.5 Å². The first-order chi connectivity index (χ1) is 8.78. The molecule has 2 atom stereocenters. The molecule has 1 saturated heterocycles. The van der Waals surface area contributed by atoms with Crippen LogP contribution in [0.15, 0.2) is 29.2 Å². The Morgan fingerprint density at radius 1 is 1.44 bits per heavy atom. The molecule has 2 unspecified atom stereocenters. The third kappa shape index (κ3) is 2.15. The average molecular weight is 262 g/mol. The summed E-state index contributed by atoms with van der Waals surface area (Å²) in [5, 5.41) is 0.0823. The average Bonchev–Trinajstić information content (AvgIpc) is 3.04. The first-order valence-corrected chi connectivity index (χ1v) is 7.39. The third-order valence-electron chi connectivity index (χ3n) is 3.85. The van der Waals surface area contributed by atoms with Gasteiger partial charge in [-0.3, -0.25) is 4.79 Å². The molecule has 2 aliphatic heterocycles. The van der Waals surface area contributed by atoms with Gasteiger partial charge < -0.3 is 10.6 Å². The first kappa shape index (κ1) is 12.1. The van der Waals surface area contributed by atoms with E-state index in [1.54, 1.807) is 11.8 Å². The second-order valence-electron chi connectivity index (χ2n) is 5.09. The lowest BCUT2D eigenvalue weighted by atomic mass is 10.1. The summed E-state index contributed by atoms with van der Waals surface area (Å²) in [4.78, 5) is 15.7. The maximum atomic E-state index is 12.4. The largest absolute Gasteiger partial charge is 0.341 e. The molecule has 2 N–H and O–H groups in total. The van der Waals surface area contributed by atoms with Gasteiger partial charge in [0.2, 0.25) is 5.91 Å². The Bertz CT molecular complexity index is 438. The highest BCUT2D eigenvalue weighted by Crippen LogP contribution is 2.38. The number of carbonyl (C=O) groups is 1. The van der Waals surface area contributed by atoms with Gasteiger partial charge in [0.25, 0.3) is 0 Å². The number of rotatable bonds is 2. The maximum absolute atomic E-state index is 12.4. The lowest BCUT2D eigenvalue weighted by Crippen LogP contribution is -2.36. The van der Waals surface area contributed by atoms with E-state index in [9.17, 15) is 4.79 Å². The summed E-state index contributed by atoms with van der Waals surface area (Å²) in [6.45, 7) is 2.43. The van der Waals surface area contributed by atoms with E-state index in [0.29, 0.717) is 18.4 Å². The van der Waals surface area contributed by atoms with Crippen LogP contribution in [0.1, 0.15) is 12.0 Å². The van der Waals surface area contributed by atoms with Crippen LogP contribution in [0.4, 0.5) is 0 Å². The van der Waals surface area contributed by atoms with Crippen molar-refractivity contribution < 1.29 is 4.79 Å². The van der Waals surface area contributed by atoms with Crippen molar-refractivity contribution in [1.29, 1.82) is 0 Å². The van der Waals surface area contributed by atoms with Crippen molar-refractivity contribution in [1.82, 2.24) is 4.90 Å². The van der Waals surface area contributed by atoms with Crippen molar-refractivity contribution in [2.24, 2.45) is 11.7 Å². The molecule has 18 heavy (non-hydrogen) atoms. The normalized spacial score (nSPS) is 26.4. The minimum absolute atomic E-state index is 0.0823. The molecule has 2 aliphatic rings. The Morgan fingerprint density at radius 3 is 3.00 bits per heavy atom. The Morgan fingerprint density at radius 2 is 2.28 bits per heavy atom. The topological polar surface area (TPSA) is 46.3 Å². The second kappa shape index (κ2) is 4.94. The predicted octanol–water partition coefficient (Wildman–Crippen LogP) is 1.51. The summed E-state index contributed by atoms with van der Waals surface area (Å²) in [6.07, 6.45) is 1.94. The molecule has 3 nitrogen and oxygen atoms in total. The van der Waals surface area contributed by atoms with Crippen molar-refractivity contribution >= 4 is 17.7 Å². The summed E-state index contributed by atoms with van der Waals surface area (Å²) in [5.74, 6) is 0.801. The zero-order valence-electron chi connectivity index (χ0n) is 10.3. The molecule has 0 radical (unpaired) electrons. The number of benzene rings is 1. The summed E-state index contributed by atoms with van der Waals surface area (Å²) in [5.41, 5.74) is 6.99.